The van der Waals surface area contributed by atoms with Gasteiger partial charge in [-0.05, 0) is 49.1 Å². The minimum absolute atomic E-state index is 0.0837. The summed E-state index contributed by atoms with van der Waals surface area (Å²) in [6.07, 6.45) is 4.63. The third-order valence-corrected chi connectivity index (χ3v) is 5.88. The first-order valence-electron chi connectivity index (χ1n) is 11.0. The summed E-state index contributed by atoms with van der Waals surface area (Å²) in [5.41, 5.74) is 3.48. The van der Waals surface area contributed by atoms with Crippen LogP contribution in [0.25, 0.3) is 10.9 Å². The van der Waals surface area contributed by atoms with Crippen LogP contribution in [0.3, 0.4) is 0 Å². The van der Waals surface area contributed by atoms with Gasteiger partial charge in [0.15, 0.2) is 0 Å². The lowest BCUT2D eigenvalue weighted by Gasteiger charge is -2.32. The van der Waals surface area contributed by atoms with Crippen LogP contribution in [0.5, 0.6) is 0 Å². The molecule has 0 unspecified atom stereocenters. The molecule has 166 valence electrons. The zero-order valence-corrected chi connectivity index (χ0v) is 18.2. The molecule has 2 heterocycles. The number of aryl methyl sites for hydroxylation is 1. The van der Waals surface area contributed by atoms with E-state index in [4.69, 9.17) is 0 Å². The Labute approximate surface area is 187 Å². The molecule has 2 aromatic carbocycles. The number of likely N-dealkylation sites (tertiary alicyclic amines) is 1. The van der Waals surface area contributed by atoms with Gasteiger partial charge in [0.2, 0.25) is 17.7 Å². The molecule has 7 heteroatoms. The molecule has 1 atom stereocenters. The van der Waals surface area contributed by atoms with E-state index in [-0.39, 0.29) is 23.6 Å². The molecule has 4 rings (SSSR count). The summed E-state index contributed by atoms with van der Waals surface area (Å²) >= 11 is 0. The Kier molecular flexibility index (Phi) is 6.54. The molecule has 1 aliphatic heterocycles. The Morgan fingerprint density at radius 3 is 2.66 bits per heavy atom. The Hall–Kier alpha value is -3.61. The predicted octanol–water partition coefficient (Wildman–Crippen LogP) is 3.94. The summed E-state index contributed by atoms with van der Waals surface area (Å²) in [4.78, 5) is 42.0. The van der Waals surface area contributed by atoms with Gasteiger partial charge in [0.1, 0.15) is 0 Å². The first-order valence-corrected chi connectivity index (χ1v) is 11.0. The fourth-order valence-corrected chi connectivity index (χ4v) is 4.28. The van der Waals surface area contributed by atoms with E-state index in [1.807, 2.05) is 29.3 Å². The average molecular weight is 433 g/mol. The molecule has 1 saturated heterocycles. The molecule has 3 N–H and O–H groups in total. The number of aromatic nitrogens is 1. The van der Waals surface area contributed by atoms with Crippen molar-refractivity contribution in [3.63, 3.8) is 0 Å². The first-order chi connectivity index (χ1) is 15.5. The number of H-pyrrole nitrogens is 1. The SMILES string of the molecule is CC(=O)Nc1cccc(NC(=O)[C@H]2CCCN(C(=O)CCc3c[nH]c4ccccc34)C2)c1. The van der Waals surface area contributed by atoms with Crippen LogP contribution < -0.4 is 10.6 Å². The van der Waals surface area contributed by atoms with E-state index in [0.717, 1.165) is 29.3 Å². The Morgan fingerprint density at radius 1 is 1.06 bits per heavy atom. The van der Waals surface area contributed by atoms with Gasteiger partial charge in [0.25, 0.3) is 0 Å². The summed E-state index contributed by atoms with van der Waals surface area (Å²) in [7, 11) is 0. The van der Waals surface area contributed by atoms with Gasteiger partial charge >= 0.3 is 0 Å². The monoisotopic (exact) mass is 432 g/mol. The number of nitrogens with one attached hydrogen (secondary N) is 3. The number of anilines is 2. The number of amides is 3. The normalized spacial score (nSPS) is 16.0. The molecule has 0 radical (unpaired) electrons. The van der Waals surface area contributed by atoms with Crippen molar-refractivity contribution in [2.45, 2.75) is 32.6 Å². The van der Waals surface area contributed by atoms with Gasteiger partial charge in [-0.3, -0.25) is 14.4 Å². The fraction of sp³-hybridized carbons (Fsp3) is 0.320. The molecule has 0 aliphatic carbocycles. The van der Waals surface area contributed by atoms with Crippen molar-refractivity contribution >= 4 is 40.0 Å². The summed E-state index contributed by atoms with van der Waals surface area (Å²) in [6, 6.07) is 15.1. The molecule has 3 amide bonds. The third kappa shape index (κ3) is 5.17. The number of hydrogen-bond donors (Lipinski definition) is 3. The summed E-state index contributed by atoms with van der Waals surface area (Å²) in [5, 5.41) is 6.79. The van der Waals surface area contributed by atoms with Crippen molar-refractivity contribution in [2.24, 2.45) is 5.92 Å². The smallest absolute Gasteiger partial charge is 0.229 e. The summed E-state index contributed by atoms with van der Waals surface area (Å²) in [6.45, 7) is 2.57. The van der Waals surface area contributed by atoms with Crippen LogP contribution in [-0.2, 0) is 20.8 Å². The molecule has 1 aliphatic rings. The minimum atomic E-state index is -0.245. The quantitative estimate of drug-likeness (QED) is 0.551. The van der Waals surface area contributed by atoms with E-state index in [0.29, 0.717) is 37.3 Å². The van der Waals surface area contributed by atoms with Crippen molar-refractivity contribution in [1.82, 2.24) is 9.88 Å². The molecule has 1 aromatic heterocycles. The highest BCUT2D eigenvalue weighted by Crippen LogP contribution is 2.23. The number of carbonyl (C=O) groups excluding carboxylic acids is 3. The van der Waals surface area contributed by atoms with Crippen LogP contribution in [-0.4, -0.2) is 40.7 Å². The zero-order chi connectivity index (χ0) is 22.5. The highest BCUT2D eigenvalue weighted by molar-refractivity contribution is 5.95. The Bertz CT molecular complexity index is 1140. The molecule has 0 bridgehead atoms. The van der Waals surface area contributed by atoms with E-state index in [9.17, 15) is 14.4 Å². The highest BCUT2D eigenvalue weighted by atomic mass is 16.2. The van der Waals surface area contributed by atoms with Crippen LogP contribution >= 0.6 is 0 Å². The number of fused-ring (bicyclic) bond motifs is 1. The lowest BCUT2D eigenvalue weighted by Crippen LogP contribution is -2.43. The van der Waals surface area contributed by atoms with E-state index in [2.05, 4.69) is 21.7 Å². The highest BCUT2D eigenvalue weighted by Gasteiger charge is 2.28. The molecule has 32 heavy (non-hydrogen) atoms. The number of piperidine rings is 1. The number of carbonyl (C=O) groups is 3. The number of nitrogens with zero attached hydrogens (tertiary/aromatic N) is 1. The molecule has 1 fully saturated rings. The standard InChI is InChI=1S/C25H28N4O3/c1-17(30)27-20-7-4-8-21(14-20)28-25(32)19-6-5-13-29(16-19)24(31)12-11-18-15-26-23-10-3-2-9-22(18)23/h2-4,7-10,14-15,19,26H,5-6,11-13,16H2,1H3,(H,27,30)(H,28,32)/t19-/m0/s1. The summed E-state index contributed by atoms with van der Waals surface area (Å²) < 4.78 is 0. The first kappa shape index (κ1) is 21.6. The minimum Gasteiger partial charge on any atom is -0.361 e. The zero-order valence-electron chi connectivity index (χ0n) is 18.2. The van der Waals surface area contributed by atoms with Crippen LogP contribution in [0, 0.1) is 5.92 Å². The van der Waals surface area contributed by atoms with Crippen LogP contribution in [0.1, 0.15) is 31.7 Å². The Morgan fingerprint density at radius 2 is 1.84 bits per heavy atom. The van der Waals surface area contributed by atoms with Crippen LogP contribution in [0.15, 0.2) is 54.7 Å². The van der Waals surface area contributed by atoms with E-state index < -0.39 is 0 Å². The Balaban J connectivity index is 1.33. The van der Waals surface area contributed by atoms with E-state index in [1.54, 1.807) is 24.3 Å². The largest absolute Gasteiger partial charge is 0.361 e. The van der Waals surface area contributed by atoms with E-state index in [1.165, 1.54) is 6.92 Å². The molecule has 0 saturated carbocycles. The number of rotatable bonds is 6. The van der Waals surface area contributed by atoms with Crippen molar-refractivity contribution in [3.8, 4) is 0 Å². The van der Waals surface area contributed by atoms with Gasteiger partial charge in [0, 0.05) is 54.9 Å². The second-order valence-electron chi connectivity index (χ2n) is 8.29. The second kappa shape index (κ2) is 9.68. The van der Waals surface area contributed by atoms with Crippen molar-refractivity contribution in [1.29, 1.82) is 0 Å². The summed E-state index contributed by atoms with van der Waals surface area (Å²) in [5.74, 6) is -0.424. The maximum absolute atomic E-state index is 12.8. The van der Waals surface area contributed by atoms with Gasteiger partial charge in [-0.1, -0.05) is 24.3 Å². The third-order valence-electron chi connectivity index (χ3n) is 5.88. The van der Waals surface area contributed by atoms with Gasteiger partial charge in [-0.2, -0.15) is 0 Å². The molecule has 0 spiro atoms. The molecule has 7 nitrogen and oxygen atoms in total. The second-order valence-corrected chi connectivity index (χ2v) is 8.29. The van der Waals surface area contributed by atoms with Gasteiger partial charge in [-0.15, -0.1) is 0 Å². The number of hydrogen-bond acceptors (Lipinski definition) is 3. The predicted molar refractivity (Wildman–Crippen MR) is 125 cm³/mol. The lowest BCUT2D eigenvalue weighted by atomic mass is 9.96. The maximum atomic E-state index is 12.8. The maximum Gasteiger partial charge on any atom is 0.229 e. The van der Waals surface area contributed by atoms with Crippen molar-refractivity contribution in [2.75, 3.05) is 23.7 Å². The molecular formula is C25H28N4O3. The number of aromatic amines is 1. The van der Waals surface area contributed by atoms with Crippen molar-refractivity contribution in [3.05, 3.63) is 60.3 Å². The number of para-hydroxylation sites is 1. The van der Waals surface area contributed by atoms with Gasteiger partial charge in [0.05, 0.1) is 5.92 Å². The lowest BCUT2D eigenvalue weighted by molar-refractivity contribution is -0.134. The number of benzene rings is 2. The molecule has 3 aromatic rings. The molecular weight excluding hydrogens is 404 g/mol. The van der Waals surface area contributed by atoms with Gasteiger partial charge < -0.3 is 20.5 Å². The van der Waals surface area contributed by atoms with Crippen LogP contribution in [0.4, 0.5) is 11.4 Å². The van der Waals surface area contributed by atoms with E-state index >= 15 is 0 Å². The van der Waals surface area contributed by atoms with Gasteiger partial charge in [-0.25, -0.2) is 0 Å². The van der Waals surface area contributed by atoms with Crippen molar-refractivity contribution < 1.29 is 14.4 Å². The van der Waals surface area contributed by atoms with Crippen LogP contribution in [0.2, 0.25) is 0 Å². The average Bonchev–Trinajstić information content (AvgIpc) is 3.20. The fourth-order valence-electron chi connectivity index (χ4n) is 4.28. The topological polar surface area (TPSA) is 94.3 Å².